The van der Waals surface area contributed by atoms with Crippen LogP contribution in [-0.2, 0) is 9.53 Å². The van der Waals surface area contributed by atoms with Crippen molar-refractivity contribution in [1.29, 1.82) is 0 Å². The molecular formula is C12H14ClFO4. The van der Waals surface area contributed by atoms with E-state index in [1.54, 1.807) is 0 Å². The molecule has 0 fully saturated rings. The Morgan fingerprint density at radius 1 is 1.44 bits per heavy atom. The Balaban J connectivity index is 3.09. The molecule has 0 aliphatic carbocycles. The smallest absolute Gasteiger partial charge is 0.337 e. The van der Waals surface area contributed by atoms with Crippen LogP contribution in [0.2, 0.25) is 5.02 Å². The lowest BCUT2D eigenvalue weighted by atomic mass is 10.1. The van der Waals surface area contributed by atoms with Crippen LogP contribution < -0.4 is 0 Å². The number of carboxylic acid groups (broad SMARTS) is 1. The van der Waals surface area contributed by atoms with Crippen molar-refractivity contribution >= 4 is 17.6 Å². The largest absolute Gasteiger partial charge is 0.479 e. The van der Waals surface area contributed by atoms with Gasteiger partial charge in [0, 0.05) is 10.6 Å². The van der Waals surface area contributed by atoms with Gasteiger partial charge in [-0.2, -0.15) is 0 Å². The van der Waals surface area contributed by atoms with E-state index in [4.69, 9.17) is 21.4 Å². The van der Waals surface area contributed by atoms with Gasteiger partial charge in [0.05, 0.1) is 12.2 Å². The van der Waals surface area contributed by atoms with Crippen LogP contribution in [0.4, 0.5) is 4.39 Å². The van der Waals surface area contributed by atoms with Gasteiger partial charge in [0.25, 0.3) is 0 Å². The highest BCUT2D eigenvalue weighted by Gasteiger charge is 2.29. The van der Waals surface area contributed by atoms with Crippen molar-refractivity contribution in [3.05, 3.63) is 34.6 Å². The molecule has 2 N–H and O–H groups in total. The monoisotopic (exact) mass is 276 g/mol. The molecule has 1 aromatic carbocycles. The molecule has 0 saturated carbocycles. The Kier molecular flexibility index (Phi) is 5.07. The van der Waals surface area contributed by atoms with Crippen molar-refractivity contribution in [1.82, 2.24) is 0 Å². The zero-order chi connectivity index (χ0) is 13.9. The zero-order valence-electron chi connectivity index (χ0n) is 9.93. The Labute approximate surface area is 109 Å². The average molecular weight is 277 g/mol. The predicted molar refractivity (Wildman–Crippen MR) is 64.0 cm³/mol. The number of hydrogen-bond donors (Lipinski definition) is 2. The quantitative estimate of drug-likeness (QED) is 0.866. The lowest BCUT2D eigenvalue weighted by molar-refractivity contribution is -0.158. The van der Waals surface area contributed by atoms with Crippen LogP contribution in [0.3, 0.4) is 0 Å². The molecule has 0 aliphatic rings. The Bertz CT molecular complexity index is 416. The number of aliphatic hydroxyl groups excluding tert-OH is 1. The number of benzene rings is 1. The molecular weight excluding hydrogens is 263 g/mol. The van der Waals surface area contributed by atoms with Crippen LogP contribution >= 0.6 is 11.6 Å². The summed E-state index contributed by atoms with van der Waals surface area (Å²) in [5, 5.41) is 18.3. The Morgan fingerprint density at radius 3 is 2.50 bits per heavy atom. The first kappa shape index (κ1) is 14.9. The van der Waals surface area contributed by atoms with E-state index in [0.717, 1.165) is 6.07 Å². The highest BCUT2D eigenvalue weighted by Crippen LogP contribution is 2.29. The van der Waals surface area contributed by atoms with E-state index >= 15 is 0 Å². The van der Waals surface area contributed by atoms with Crippen molar-refractivity contribution in [2.45, 2.75) is 32.2 Å². The number of halogens is 2. The zero-order valence-corrected chi connectivity index (χ0v) is 10.7. The van der Waals surface area contributed by atoms with Gasteiger partial charge in [0.2, 0.25) is 0 Å². The fourth-order valence-electron chi connectivity index (χ4n) is 1.34. The second-order valence-corrected chi connectivity index (χ2v) is 4.34. The second kappa shape index (κ2) is 6.13. The number of aliphatic hydroxyl groups is 1. The number of carbonyl (C=O) groups is 1. The number of carboxylic acids is 1. The van der Waals surface area contributed by atoms with Crippen molar-refractivity contribution in [2.24, 2.45) is 0 Å². The molecule has 3 unspecified atom stereocenters. The van der Waals surface area contributed by atoms with Crippen LogP contribution in [0.25, 0.3) is 0 Å². The molecule has 100 valence electrons. The van der Waals surface area contributed by atoms with Gasteiger partial charge in [-0.05, 0) is 26.0 Å². The normalized spacial score (nSPS) is 16.1. The van der Waals surface area contributed by atoms with Crippen LogP contribution in [-0.4, -0.2) is 28.4 Å². The molecule has 0 radical (unpaired) electrons. The van der Waals surface area contributed by atoms with Gasteiger partial charge in [-0.25, -0.2) is 9.18 Å². The van der Waals surface area contributed by atoms with Crippen molar-refractivity contribution in [3.8, 4) is 0 Å². The maximum Gasteiger partial charge on any atom is 0.337 e. The molecule has 0 spiro atoms. The second-order valence-electron chi connectivity index (χ2n) is 3.94. The van der Waals surface area contributed by atoms with Gasteiger partial charge in [-0.3, -0.25) is 0 Å². The number of hydrogen-bond acceptors (Lipinski definition) is 3. The topological polar surface area (TPSA) is 66.8 Å². The molecule has 0 aromatic heterocycles. The summed E-state index contributed by atoms with van der Waals surface area (Å²) in [7, 11) is 0. The van der Waals surface area contributed by atoms with E-state index in [-0.39, 0.29) is 10.6 Å². The summed E-state index contributed by atoms with van der Waals surface area (Å²) in [5.41, 5.74) is -0.237. The predicted octanol–water partition coefficient (Wildman–Crippen LogP) is 2.39. The third-order valence-electron chi connectivity index (χ3n) is 2.52. The van der Waals surface area contributed by atoms with Crippen molar-refractivity contribution in [3.63, 3.8) is 0 Å². The van der Waals surface area contributed by atoms with E-state index < -0.39 is 30.1 Å². The first-order valence-corrected chi connectivity index (χ1v) is 5.72. The summed E-state index contributed by atoms with van der Waals surface area (Å²) >= 11 is 5.79. The van der Waals surface area contributed by atoms with Gasteiger partial charge < -0.3 is 14.9 Å². The average Bonchev–Trinajstić information content (AvgIpc) is 2.26. The molecule has 1 rings (SSSR count). The van der Waals surface area contributed by atoms with Crippen molar-refractivity contribution < 1.29 is 24.1 Å². The van der Waals surface area contributed by atoms with E-state index in [0.29, 0.717) is 0 Å². The third-order valence-corrected chi connectivity index (χ3v) is 2.85. The molecule has 4 nitrogen and oxygen atoms in total. The van der Waals surface area contributed by atoms with E-state index in [1.807, 2.05) is 0 Å². The van der Waals surface area contributed by atoms with Gasteiger partial charge in [-0.1, -0.05) is 17.7 Å². The minimum absolute atomic E-state index is 0.0276. The summed E-state index contributed by atoms with van der Waals surface area (Å²) in [6, 6.07) is 3.86. The van der Waals surface area contributed by atoms with Crippen LogP contribution in [0, 0.1) is 5.82 Å². The lowest BCUT2D eigenvalue weighted by Crippen LogP contribution is -2.29. The SMILES string of the molecule is CC(O)C(C)OC(C(=O)O)c1c(F)cccc1Cl. The standard InChI is InChI=1S/C12H14ClFO4/c1-6(15)7(2)18-11(12(16)17)10-8(13)4-3-5-9(10)14/h3-7,11,15H,1-2H3,(H,16,17). The molecule has 0 aliphatic heterocycles. The maximum absolute atomic E-state index is 13.6. The van der Waals surface area contributed by atoms with Gasteiger partial charge in [0.1, 0.15) is 5.82 Å². The van der Waals surface area contributed by atoms with E-state index in [2.05, 4.69) is 0 Å². The summed E-state index contributed by atoms with van der Waals surface area (Å²) in [6.07, 6.45) is -3.19. The van der Waals surface area contributed by atoms with Crippen LogP contribution in [0.1, 0.15) is 25.5 Å². The van der Waals surface area contributed by atoms with E-state index in [1.165, 1.54) is 26.0 Å². The molecule has 18 heavy (non-hydrogen) atoms. The molecule has 0 bridgehead atoms. The molecule has 6 heteroatoms. The van der Waals surface area contributed by atoms with Crippen LogP contribution in [0.15, 0.2) is 18.2 Å². The summed E-state index contributed by atoms with van der Waals surface area (Å²) < 4.78 is 18.8. The lowest BCUT2D eigenvalue weighted by Gasteiger charge is -2.22. The minimum atomic E-state index is -1.55. The van der Waals surface area contributed by atoms with E-state index in [9.17, 15) is 14.3 Å². The molecule has 0 saturated heterocycles. The van der Waals surface area contributed by atoms with Gasteiger partial charge in [-0.15, -0.1) is 0 Å². The Hall–Kier alpha value is -1.17. The van der Waals surface area contributed by atoms with Crippen LogP contribution in [0.5, 0.6) is 0 Å². The molecule has 3 atom stereocenters. The van der Waals surface area contributed by atoms with Gasteiger partial charge in [0.15, 0.2) is 6.10 Å². The van der Waals surface area contributed by atoms with Crippen molar-refractivity contribution in [2.75, 3.05) is 0 Å². The fraction of sp³-hybridized carbons (Fsp3) is 0.417. The summed E-state index contributed by atoms with van der Waals surface area (Å²) in [6.45, 7) is 2.95. The molecule has 0 heterocycles. The highest BCUT2D eigenvalue weighted by atomic mass is 35.5. The number of ether oxygens (including phenoxy) is 1. The van der Waals surface area contributed by atoms with Gasteiger partial charge >= 0.3 is 5.97 Å². The molecule has 0 amide bonds. The summed E-state index contributed by atoms with van der Waals surface area (Å²) in [5.74, 6) is -2.12. The maximum atomic E-state index is 13.6. The number of aliphatic carboxylic acids is 1. The highest BCUT2D eigenvalue weighted by molar-refractivity contribution is 6.31. The fourth-order valence-corrected chi connectivity index (χ4v) is 1.60. The third kappa shape index (κ3) is 3.41. The first-order valence-electron chi connectivity index (χ1n) is 5.34. The summed E-state index contributed by atoms with van der Waals surface area (Å²) in [4.78, 5) is 11.1. The molecule has 1 aromatic rings. The minimum Gasteiger partial charge on any atom is -0.479 e. The Morgan fingerprint density at radius 2 is 2.06 bits per heavy atom. The number of rotatable bonds is 5. The first-order chi connectivity index (χ1) is 8.34.